The molecule has 0 N–H and O–H groups in total. The summed E-state index contributed by atoms with van der Waals surface area (Å²) in [7, 11) is 0. The van der Waals surface area contributed by atoms with E-state index in [2.05, 4.69) is 24.8 Å². The summed E-state index contributed by atoms with van der Waals surface area (Å²) in [5.74, 6) is 3.08. The largest absolute Gasteiger partial charge is 0.454 e. The van der Waals surface area contributed by atoms with E-state index < -0.39 is 0 Å². The van der Waals surface area contributed by atoms with Crippen LogP contribution in [0.15, 0.2) is 35.7 Å². The zero-order chi connectivity index (χ0) is 22.5. The van der Waals surface area contributed by atoms with Crippen LogP contribution in [0, 0.1) is 13.8 Å². The van der Waals surface area contributed by atoms with Crippen molar-refractivity contribution in [3.8, 4) is 22.2 Å². The summed E-state index contributed by atoms with van der Waals surface area (Å²) >= 11 is 3.37. The number of piperazine rings is 1. The zero-order valence-corrected chi connectivity index (χ0v) is 20.0. The molecule has 1 fully saturated rings. The van der Waals surface area contributed by atoms with Crippen molar-refractivity contribution in [3.05, 3.63) is 51.7 Å². The van der Waals surface area contributed by atoms with Crippen molar-refractivity contribution >= 4 is 44.6 Å². The lowest BCUT2D eigenvalue weighted by atomic mass is 10.1. The van der Waals surface area contributed by atoms with Gasteiger partial charge in [-0.1, -0.05) is 6.07 Å². The quantitative estimate of drug-likeness (QED) is 0.424. The number of fused-ring (bicyclic) bond motifs is 2. The molecule has 1 saturated heterocycles. The number of carbonyl (C=O) groups excluding carboxylic acids is 1. The Balaban J connectivity index is 1.27. The first-order valence-corrected chi connectivity index (χ1v) is 12.5. The molecule has 6 rings (SSSR count). The van der Waals surface area contributed by atoms with E-state index >= 15 is 0 Å². The molecule has 7 nitrogen and oxygen atoms in total. The number of aryl methyl sites for hydroxylation is 2. The maximum absolute atomic E-state index is 13.1. The van der Waals surface area contributed by atoms with E-state index in [9.17, 15) is 4.79 Å². The van der Waals surface area contributed by atoms with Crippen LogP contribution >= 0.6 is 22.7 Å². The number of hydrogen-bond acceptors (Lipinski definition) is 8. The number of thiophene rings is 2. The Hall–Kier alpha value is -3.17. The second-order valence-corrected chi connectivity index (χ2v) is 10.3. The topological polar surface area (TPSA) is 67.8 Å². The Bertz CT molecular complexity index is 1360. The summed E-state index contributed by atoms with van der Waals surface area (Å²) in [6, 6.07) is 9.47. The van der Waals surface area contributed by atoms with Crippen LogP contribution in [0.25, 0.3) is 20.9 Å². The molecule has 0 saturated carbocycles. The van der Waals surface area contributed by atoms with Gasteiger partial charge in [0.25, 0.3) is 5.91 Å². The summed E-state index contributed by atoms with van der Waals surface area (Å²) in [5, 5.41) is 3.18. The van der Waals surface area contributed by atoms with E-state index in [1.54, 1.807) is 40.9 Å². The number of aromatic nitrogens is 2. The van der Waals surface area contributed by atoms with Gasteiger partial charge in [0.15, 0.2) is 17.3 Å². The lowest BCUT2D eigenvalue weighted by Gasteiger charge is -2.36. The van der Waals surface area contributed by atoms with E-state index in [0.717, 1.165) is 39.8 Å². The van der Waals surface area contributed by atoms with E-state index in [0.29, 0.717) is 30.2 Å². The SMILES string of the molecule is Cc1sc2nc(-c3cccs3)nc(N3CCN(C(=O)c4ccc5c(c4)OCO5)CC3)c2c1C. The lowest BCUT2D eigenvalue weighted by molar-refractivity contribution is 0.0746. The van der Waals surface area contributed by atoms with Gasteiger partial charge in [-0.3, -0.25) is 4.79 Å². The van der Waals surface area contributed by atoms with E-state index in [1.807, 2.05) is 16.3 Å². The minimum atomic E-state index is 0.0163. The standard InChI is InChI=1S/C24H22N4O3S2/c1-14-15(2)33-23-20(14)22(25-21(26-23)19-4-3-11-32-19)27-7-9-28(10-8-27)24(29)16-5-6-17-18(12-16)31-13-30-17/h3-6,11-12H,7-10,13H2,1-2H3. The van der Waals surface area contributed by atoms with Crippen LogP contribution in [0.2, 0.25) is 0 Å². The van der Waals surface area contributed by atoms with Gasteiger partial charge in [0.2, 0.25) is 6.79 Å². The molecule has 4 aromatic rings. The van der Waals surface area contributed by atoms with Crippen molar-refractivity contribution in [2.75, 3.05) is 37.9 Å². The average Bonchev–Trinajstić information content (AvgIpc) is 3.59. The minimum Gasteiger partial charge on any atom is -0.454 e. The number of anilines is 1. The number of benzene rings is 1. The molecule has 9 heteroatoms. The van der Waals surface area contributed by atoms with Crippen LogP contribution in [0.1, 0.15) is 20.8 Å². The van der Waals surface area contributed by atoms with Crippen LogP contribution in [-0.2, 0) is 0 Å². The van der Waals surface area contributed by atoms with Gasteiger partial charge in [-0.2, -0.15) is 0 Å². The second kappa shape index (κ2) is 8.00. The Morgan fingerprint density at radius 3 is 2.64 bits per heavy atom. The Labute approximate surface area is 199 Å². The van der Waals surface area contributed by atoms with Crippen molar-refractivity contribution in [2.24, 2.45) is 0 Å². The molecular weight excluding hydrogens is 456 g/mol. The third-order valence-corrected chi connectivity index (χ3v) is 8.20. The number of rotatable bonds is 3. The highest BCUT2D eigenvalue weighted by atomic mass is 32.1. The fraction of sp³-hybridized carbons (Fsp3) is 0.292. The monoisotopic (exact) mass is 478 g/mol. The molecular formula is C24H22N4O3S2. The van der Waals surface area contributed by atoms with Crippen molar-refractivity contribution < 1.29 is 14.3 Å². The number of carbonyl (C=O) groups is 1. The molecule has 2 aliphatic rings. The maximum Gasteiger partial charge on any atom is 0.254 e. The van der Waals surface area contributed by atoms with Gasteiger partial charge in [0, 0.05) is 36.6 Å². The molecule has 3 aromatic heterocycles. The molecule has 0 atom stereocenters. The maximum atomic E-state index is 13.1. The highest BCUT2D eigenvalue weighted by Crippen LogP contribution is 2.38. The first kappa shape index (κ1) is 20.4. The number of nitrogens with zero attached hydrogens (tertiary/aromatic N) is 4. The fourth-order valence-corrected chi connectivity index (χ4v) is 5.99. The number of amides is 1. The van der Waals surface area contributed by atoms with Crippen molar-refractivity contribution in [2.45, 2.75) is 13.8 Å². The van der Waals surface area contributed by atoms with Gasteiger partial charge in [0.1, 0.15) is 10.6 Å². The summed E-state index contributed by atoms with van der Waals surface area (Å²) in [6.07, 6.45) is 0. The molecule has 2 aliphatic heterocycles. The molecule has 1 amide bonds. The van der Waals surface area contributed by atoms with Crippen molar-refractivity contribution in [1.82, 2.24) is 14.9 Å². The van der Waals surface area contributed by atoms with Gasteiger partial charge >= 0.3 is 0 Å². The first-order chi connectivity index (χ1) is 16.1. The summed E-state index contributed by atoms with van der Waals surface area (Å²) in [5.41, 5.74) is 1.86. The van der Waals surface area contributed by atoms with Crippen molar-refractivity contribution in [3.63, 3.8) is 0 Å². The van der Waals surface area contributed by atoms with E-state index in [-0.39, 0.29) is 12.7 Å². The van der Waals surface area contributed by atoms with Crippen LogP contribution in [0.3, 0.4) is 0 Å². The minimum absolute atomic E-state index is 0.0163. The third-order valence-electron chi connectivity index (χ3n) is 6.24. The van der Waals surface area contributed by atoms with Crippen molar-refractivity contribution in [1.29, 1.82) is 0 Å². The molecule has 0 aliphatic carbocycles. The summed E-state index contributed by atoms with van der Waals surface area (Å²) in [6.45, 7) is 7.20. The highest BCUT2D eigenvalue weighted by molar-refractivity contribution is 7.19. The fourth-order valence-electron chi connectivity index (χ4n) is 4.31. The molecule has 0 spiro atoms. The number of ether oxygens (including phenoxy) is 2. The molecule has 0 unspecified atom stereocenters. The van der Waals surface area contributed by atoms with Crippen LogP contribution < -0.4 is 14.4 Å². The number of hydrogen-bond donors (Lipinski definition) is 0. The molecule has 168 valence electrons. The van der Waals surface area contributed by atoms with Gasteiger partial charge in [-0.05, 0) is 49.1 Å². The van der Waals surface area contributed by atoms with Crippen LogP contribution in [0.4, 0.5) is 5.82 Å². The molecule has 1 aromatic carbocycles. The Morgan fingerprint density at radius 1 is 1.03 bits per heavy atom. The highest BCUT2D eigenvalue weighted by Gasteiger charge is 2.27. The van der Waals surface area contributed by atoms with Gasteiger partial charge in [-0.25, -0.2) is 9.97 Å². The van der Waals surface area contributed by atoms with Crippen LogP contribution in [-0.4, -0.2) is 53.7 Å². The normalized spacial score (nSPS) is 15.5. The smallest absolute Gasteiger partial charge is 0.254 e. The molecule has 0 radical (unpaired) electrons. The average molecular weight is 479 g/mol. The van der Waals surface area contributed by atoms with Gasteiger partial charge in [-0.15, -0.1) is 22.7 Å². The third kappa shape index (κ3) is 3.52. The predicted molar refractivity (Wildman–Crippen MR) is 131 cm³/mol. The van der Waals surface area contributed by atoms with E-state index in [1.165, 1.54) is 10.4 Å². The summed E-state index contributed by atoms with van der Waals surface area (Å²) in [4.78, 5) is 30.5. The summed E-state index contributed by atoms with van der Waals surface area (Å²) < 4.78 is 10.8. The molecule has 33 heavy (non-hydrogen) atoms. The predicted octanol–water partition coefficient (Wildman–Crippen LogP) is 4.73. The Kier molecular flexibility index (Phi) is 4.95. The Morgan fingerprint density at radius 2 is 1.85 bits per heavy atom. The van der Waals surface area contributed by atoms with Gasteiger partial charge < -0.3 is 19.3 Å². The molecule has 5 heterocycles. The lowest BCUT2D eigenvalue weighted by Crippen LogP contribution is -2.49. The van der Waals surface area contributed by atoms with Crippen LogP contribution in [0.5, 0.6) is 11.5 Å². The molecule has 0 bridgehead atoms. The zero-order valence-electron chi connectivity index (χ0n) is 18.3. The first-order valence-electron chi connectivity index (χ1n) is 10.8. The second-order valence-electron chi connectivity index (χ2n) is 8.16. The van der Waals surface area contributed by atoms with Gasteiger partial charge in [0.05, 0.1) is 10.3 Å². The van der Waals surface area contributed by atoms with E-state index in [4.69, 9.17) is 19.4 Å².